The molecule has 3 N–H and O–H groups in total. The predicted molar refractivity (Wildman–Crippen MR) is 69.1 cm³/mol. The van der Waals surface area contributed by atoms with Crippen LogP contribution >= 0.6 is 11.8 Å². The number of hydrogen-bond acceptors (Lipinski definition) is 5. The molecular formula is C10H20N6S. The van der Waals surface area contributed by atoms with Crippen LogP contribution in [-0.4, -0.2) is 31.8 Å². The van der Waals surface area contributed by atoms with Gasteiger partial charge >= 0.3 is 0 Å². The molecule has 0 spiro atoms. The molecule has 0 amide bonds. The van der Waals surface area contributed by atoms with Gasteiger partial charge in [-0.15, -0.1) is 5.10 Å². The van der Waals surface area contributed by atoms with Gasteiger partial charge in [-0.2, -0.15) is 0 Å². The molecule has 0 aliphatic heterocycles. The number of nitrogens with two attached hydrogens (primary N) is 1. The molecule has 7 heteroatoms. The third-order valence-electron chi connectivity index (χ3n) is 2.74. The molecule has 17 heavy (non-hydrogen) atoms. The summed E-state index contributed by atoms with van der Waals surface area (Å²) in [7, 11) is 1.83. The molecule has 0 saturated heterocycles. The minimum atomic E-state index is -0.184. The molecule has 0 aliphatic carbocycles. The monoisotopic (exact) mass is 256 g/mol. The van der Waals surface area contributed by atoms with Crippen molar-refractivity contribution >= 4 is 17.6 Å². The van der Waals surface area contributed by atoms with Crippen LogP contribution in [0.5, 0.6) is 0 Å². The number of rotatable bonds is 7. The Hall–Kier alpha value is -1.11. The Morgan fingerprint density at radius 3 is 2.71 bits per heavy atom. The van der Waals surface area contributed by atoms with Gasteiger partial charge in [0.1, 0.15) is 0 Å². The first-order valence-corrected chi connectivity index (χ1v) is 6.62. The summed E-state index contributed by atoms with van der Waals surface area (Å²) in [6, 6.07) is 0. The Balaban J connectivity index is 2.17. The third-order valence-corrected chi connectivity index (χ3v) is 3.83. The number of tetrazole rings is 1. The van der Waals surface area contributed by atoms with Gasteiger partial charge in [0.05, 0.1) is 5.84 Å². The molecule has 1 aromatic heterocycles. The highest BCUT2D eigenvalue weighted by molar-refractivity contribution is 7.99. The number of nitrogens with zero attached hydrogens (tertiary/aromatic N) is 4. The van der Waals surface area contributed by atoms with Gasteiger partial charge in [-0.25, -0.2) is 4.68 Å². The van der Waals surface area contributed by atoms with E-state index in [9.17, 15) is 0 Å². The number of unbranched alkanes of at least 4 members (excludes halogenated alkanes) is 1. The zero-order valence-electron chi connectivity index (χ0n) is 10.6. The van der Waals surface area contributed by atoms with Crippen molar-refractivity contribution in [3.63, 3.8) is 0 Å². The van der Waals surface area contributed by atoms with E-state index >= 15 is 0 Å². The van der Waals surface area contributed by atoms with Crippen LogP contribution in [-0.2, 0) is 7.05 Å². The van der Waals surface area contributed by atoms with Crippen molar-refractivity contribution < 1.29 is 0 Å². The lowest BCUT2D eigenvalue weighted by Gasteiger charge is -2.22. The molecule has 1 rings (SSSR count). The zero-order chi connectivity index (χ0) is 12.9. The molecule has 0 fully saturated rings. The van der Waals surface area contributed by atoms with E-state index < -0.39 is 0 Å². The van der Waals surface area contributed by atoms with Crippen molar-refractivity contribution in [3.05, 3.63) is 0 Å². The largest absolute Gasteiger partial charge is 0.387 e. The van der Waals surface area contributed by atoms with E-state index in [0.717, 1.165) is 30.2 Å². The number of nitrogens with one attached hydrogen (secondary N) is 1. The quantitative estimate of drug-likeness (QED) is 0.333. The van der Waals surface area contributed by atoms with E-state index in [4.69, 9.17) is 11.1 Å². The minimum Gasteiger partial charge on any atom is -0.387 e. The van der Waals surface area contributed by atoms with Crippen LogP contribution < -0.4 is 5.73 Å². The molecule has 1 aromatic rings. The van der Waals surface area contributed by atoms with Crippen LogP contribution in [0.4, 0.5) is 0 Å². The molecule has 0 radical (unpaired) electrons. The summed E-state index contributed by atoms with van der Waals surface area (Å²) < 4.78 is 1.67. The smallest absolute Gasteiger partial charge is 0.209 e. The van der Waals surface area contributed by atoms with Gasteiger partial charge in [0.2, 0.25) is 5.16 Å². The summed E-state index contributed by atoms with van der Waals surface area (Å²) in [4.78, 5) is 0. The van der Waals surface area contributed by atoms with Gasteiger partial charge in [-0.3, -0.25) is 5.41 Å². The van der Waals surface area contributed by atoms with E-state index in [2.05, 4.69) is 15.5 Å². The topological polar surface area (TPSA) is 93.5 Å². The van der Waals surface area contributed by atoms with Crippen molar-refractivity contribution in [1.82, 2.24) is 20.2 Å². The summed E-state index contributed by atoms with van der Waals surface area (Å²) in [6.07, 6.45) is 3.08. The second kappa shape index (κ2) is 6.00. The van der Waals surface area contributed by atoms with Crippen LogP contribution in [0.15, 0.2) is 5.16 Å². The third kappa shape index (κ3) is 4.33. The molecule has 0 unspecified atom stereocenters. The van der Waals surface area contributed by atoms with Crippen molar-refractivity contribution in [1.29, 1.82) is 5.41 Å². The Morgan fingerprint density at radius 2 is 2.18 bits per heavy atom. The first kappa shape index (κ1) is 14.0. The van der Waals surface area contributed by atoms with Crippen LogP contribution in [0, 0.1) is 10.8 Å². The molecule has 0 aliphatic rings. The molecule has 0 aromatic carbocycles. The van der Waals surface area contributed by atoms with E-state index in [1.165, 1.54) is 0 Å². The maximum absolute atomic E-state index is 7.46. The van der Waals surface area contributed by atoms with E-state index in [1.807, 2.05) is 20.9 Å². The van der Waals surface area contributed by atoms with Crippen LogP contribution in [0.25, 0.3) is 0 Å². The maximum atomic E-state index is 7.46. The minimum absolute atomic E-state index is 0.184. The summed E-state index contributed by atoms with van der Waals surface area (Å²) >= 11 is 1.65. The number of thioether (sulfide) groups is 1. The van der Waals surface area contributed by atoms with Gasteiger partial charge in [-0.1, -0.05) is 32.0 Å². The van der Waals surface area contributed by atoms with Crippen LogP contribution in [0.3, 0.4) is 0 Å². The molecule has 96 valence electrons. The van der Waals surface area contributed by atoms with Crippen LogP contribution in [0.2, 0.25) is 0 Å². The Kier molecular flexibility index (Phi) is 4.92. The lowest BCUT2D eigenvalue weighted by Crippen LogP contribution is -2.30. The first-order valence-electron chi connectivity index (χ1n) is 5.63. The van der Waals surface area contributed by atoms with Gasteiger partial charge in [0.15, 0.2) is 0 Å². The fourth-order valence-corrected chi connectivity index (χ4v) is 2.16. The Labute approximate surface area is 106 Å². The fourth-order valence-electron chi connectivity index (χ4n) is 1.31. The van der Waals surface area contributed by atoms with Gasteiger partial charge in [0, 0.05) is 18.2 Å². The van der Waals surface area contributed by atoms with E-state index in [-0.39, 0.29) is 11.3 Å². The highest BCUT2D eigenvalue weighted by Crippen LogP contribution is 2.24. The van der Waals surface area contributed by atoms with Gasteiger partial charge in [-0.05, 0) is 23.3 Å². The molecule has 6 nitrogen and oxygen atoms in total. The second-order valence-electron chi connectivity index (χ2n) is 4.69. The number of aromatic nitrogens is 4. The van der Waals surface area contributed by atoms with E-state index in [0.29, 0.717) is 0 Å². The first-order chi connectivity index (χ1) is 7.93. The second-order valence-corrected chi connectivity index (χ2v) is 5.75. The summed E-state index contributed by atoms with van der Waals surface area (Å²) in [5.74, 6) is 1.25. The standard InChI is InChI=1S/C10H20N6S/c1-10(2,8(11)12)6-4-5-7-17-9-13-14-15-16(9)3/h4-7H2,1-3H3,(H3,11,12). The summed E-state index contributed by atoms with van der Waals surface area (Å²) in [5, 5.41) is 19.6. The van der Waals surface area contributed by atoms with Crippen molar-refractivity contribution in [2.24, 2.45) is 18.2 Å². The Morgan fingerprint density at radius 1 is 1.47 bits per heavy atom. The summed E-state index contributed by atoms with van der Waals surface area (Å²) in [6.45, 7) is 4.02. The van der Waals surface area contributed by atoms with Gasteiger partial charge in [0.25, 0.3) is 0 Å². The van der Waals surface area contributed by atoms with Crippen LogP contribution in [0.1, 0.15) is 33.1 Å². The normalized spacial score (nSPS) is 11.7. The van der Waals surface area contributed by atoms with Crippen molar-refractivity contribution in [3.8, 4) is 0 Å². The fraction of sp³-hybridized carbons (Fsp3) is 0.800. The van der Waals surface area contributed by atoms with Gasteiger partial charge < -0.3 is 5.73 Å². The lowest BCUT2D eigenvalue weighted by molar-refractivity contribution is 0.448. The maximum Gasteiger partial charge on any atom is 0.209 e. The van der Waals surface area contributed by atoms with E-state index in [1.54, 1.807) is 16.4 Å². The van der Waals surface area contributed by atoms with Crippen molar-refractivity contribution in [2.45, 2.75) is 38.3 Å². The Bertz CT molecular complexity index is 373. The molecular weight excluding hydrogens is 236 g/mol. The lowest BCUT2D eigenvalue weighted by atomic mass is 9.86. The highest BCUT2D eigenvalue weighted by atomic mass is 32.2. The van der Waals surface area contributed by atoms with Crippen molar-refractivity contribution in [2.75, 3.05) is 5.75 Å². The predicted octanol–water partition coefficient (Wildman–Crippen LogP) is 1.43. The average Bonchev–Trinajstić information content (AvgIpc) is 2.63. The number of hydrogen-bond donors (Lipinski definition) is 2. The molecule has 1 heterocycles. The molecule has 0 saturated carbocycles. The highest BCUT2D eigenvalue weighted by Gasteiger charge is 2.20. The summed E-state index contributed by atoms with van der Waals surface area (Å²) in [5.41, 5.74) is 5.35. The molecule has 0 bridgehead atoms. The molecule has 0 atom stereocenters. The average molecular weight is 256 g/mol. The SMILES string of the molecule is Cn1nnnc1SCCCCC(C)(C)C(=N)N. The number of amidine groups is 1. The zero-order valence-corrected chi connectivity index (χ0v) is 11.4. The number of aryl methyl sites for hydroxylation is 1.